The highest BCUT2D eigenvalue weighted by molar-refractivity contribution is 5.76. The summed E-state index contributed by atoms with van der Waals surface area (Å²) >= 11 is 0. The van der Waals surface area contributed by atoms with Crippen molar-refractivity contribution in [2.75, 3.05) is 6.61 Å². The Morgan fingerprint density at radius 3 is 2.58 bits per heavy atom. The lowest BCUT2D eigenvalue weighted by atomic mass is 10.1. The van der Waals surface area contributed by atoms with Gasteiger partial charge in [-0.25, -0.2) is 0 Å². The van der Waals surface area contributed by atoms with E-state index in [0.29, 0.717) is 19.1 Å². The van der Waals surface area contributed by atoms with Crippen LogP contribution in [0.2, 0.25) is 0 Å². The van der Waals surface area contributed by atoms with E-state index >= 15 is 0 Å². The fourth-order valence-electron chi connectivity index (χ4n) is 2.25. The highest BCUT2D eigenvalue weighted by Crippen LogP contribution is 2.17. The van der Waals surface area contributed by atoms with Crippen molar-refractivity contribution in [1.29, 1.82) is 0 Å². The largest absolute Gasteiger partial charge is 0.493 e. The van der Waals surface area contributed by atoms with Crippen LogP contribution in [0.5, 0.6) is 5.75 Å². The summed E-state index contributed by atoms with van der Waals surface area (Å²) in [7, 11) is 0. The predicted octanol–water partition coefficient (Wildman–Crippen LogP) is 3.46. The Bertz CT molecular complexity index is 640. The van der Waals surface area contributed by atoms with Crippen LogP contribution in [0.1, 0.15) is 37.5 Å². The van der Waals surface area contributed by atoms with Gasteiger partial charge in [-0.3, -0.25) is 4.79 Å². The second-order valence-electron chi connectivity index (χ2n) is 6.26. The number of hydrogen-bond donors (Lipinski definition) is 2. The van der Waals surface area contributed by atoms with E-state index in [2.05, 4.69) is 19.2 Å². The maximum Gasteiger partial charge on any atom is 0.223 e. The Balaban J connectivity index is 1.82. The molecule has 0 heterocycles. The fourth-order valence-corrected chi connectivity index (χ4v) is 2.25. The molecule has 0 radical (unpaired) electrons. The van der Waals surface area contributed by atoms with E-state index in [-0.39, 0.29) is 12.3 Å². The zero-order chi connectivity index (χ0) is 17.4. The molecule has 0 aromatic heterocycles. The number of carbonyl (C=O) groups excluding carboxylic acids is 1. The van der Waals surface area contributed by atoms with Crippen LogP contribution in [0.4, 0.5) is 0 Å². The number of nitrogens with one attached hydrogen (secondary N) is 1. The maximum atomic E-state index is 12.0. The SMILES string of the molecule is CC(C)COc1cccc(CNC(=O)CC(O)c2ccccc2)c1. The quantitative estimate of drug-likeness (QED) is 0.780. The summed E-state index contributed by atoms with van der Waals surface area (Å²) in [6, 6.07) is 16.9. The molecule has 0 bridgehead atoms. The number of carbonyl (C=O) groups is 1. The molecule has 2 rings (SSSR count). The number of hydrogen-bond acceptors (Lipinski definition) is 3. The second-order valence-corrected chi connectivity index (χ2v) is 6.26. The first-order chi connectivity index (χ1) is 11.5. The number of benzene rings is 2. The molecule has 0 aliphatic heterocycles. The van der Waals surface area contributed by atoms with Gasteiger partial charge in [0.25, 0.3) is 0 Å². The van der Waals surface area contributed by atoms with E-state index in [0.717, 1.165) is 16.9 Å². The molecule has 0 saturated heterocycles. The Morgan fingerprint density at radius 2 is 1.88 bits per heavy atom. The molecule has 1 amide bonds. The standard InChI is InChI=1S/C20H25NO3/c1-15(2)14-24-18-10-6-7-16(11-18)13-21-20(23)12-19(22)17-8-4-3-5-9-17/h3-11,15,19,22H,12-14H2,1-2H3,(H,21,23). The smallest absolute Gasteiger partial charge is 0.223 e. The molecule has 0 aliphatic rings. The van der Waals surface area contributed by atoms with Crippen molar-refractivity contribution in [3.8, 4) is 5.75 Å². The van der Waals surface area contributed by atoms with Crippen LogP contribution in [-0.2, 0) is 11.3 Å². The molecular formula is C20H25NO3. The summed E-state index contributed by atoms with van der Waals surface area (Å²) in [4.78, 5) is 12.0. The summed E-state index contributed by atoms with van der Waals surface area (Å²) in [6.07, 6.45) is -0.736. The van der Waals surface area contributed by atoms with Gasteiger partial charge in [-0.2, -0.15) is 0 Å². The normalized spacial score (nSPS) is 12.0. The van der Waals surface area contributed by atoms with Crippen molar-refractivity contribution in [1.82, 2.24) is 5.32 Å². The topological polar surface area (TPSA) is 58.6 Å². The summed E-state index contributed by atoms with van der Waals surface area (Å²) in [5, 5.41) is 12.9. The van der Waals surface area contributed by atoms with E-state index in [4.69, 9.17) is 4.74 Å². The molecule has 0 aliphatic carbocycles. The molecule has 2 aromatic rings. The number of aliphatic hydroxyl groups excluding tert-OH is 1. The zero-order valence-corrected chi connectivity index (χ0v) is 14.2. The molecule has 4 heteroatoms. The Labute approximate surface area is 143 Å². The lowest BCUT2D eigenvalue weighted by Crippen LogP contribution is -2.24. The van der Waals surface area contributed by atoms with Gasteiger partial charge < -0.3 is 15.2 Å². The molecular weight excluding hydrogens is 302 g/mol. The minimum Gasteiger partial charge on any atom is -0.493 e. The summed E-state index contributed by atoms with van der Waals surface area (Å²) in [6.45, 7) is 5.28. The summed E-state index contributed by atoms with van der Waals surface area (Å²) < 4.78 is 5.68. The average molecular weight is 327 g/mol. The van der Waals surface area contributed by atoms with Crippen LogP contribution in [0, 0.1) is 5.92 Å². The Kier molecular flexibility index (Phi) is 6.82. The van der Waals surface area contributed by atoms with Gasteiger partial charge in [0.15, 0.2) is 0 Å². The predicted molar refractivity (Wildman–Crippen MR) is 94.6 cm³/mol. The van der Waals surface area contributed by atoms with Crippen molar-refractivity contribution in [2.24, 2.45) is 5.92 Å². The number of aliphatic hydroxyl groups is 1. The van der Waals surface area contributed by atoms with Gasteiger partial charge in [-0.05, 0) is 29.2 Å². The van der Waals surface area contributed by atoms with Gasteiger partial charge >= 0.3 is 0 Å². The third-order valence-electron chi connectivity index (χ3n) is 3.53. The van der Waals surface area contributed by atoms with Crippen LogP contribution >= 0.6 is 0 Å². The first-order valence-electron chi connectivity index (χ1n) is 8.26. The van der Waals surface area contributed by atoms with Crippen LogP contribution in [0.3, 0.4) is 0 Å². The lowest BCUT2D eigenvalue weighted by molar-refractivity contribution is -0.123. The van der Waals surface area contributed by atoms with Crippen molar-refractivity contribution in [2.45, 2.75) is 32.9 Å². The van der Waals surface area contributed by atoms with Gasteiger partial charge in [-0.15, -0.1) is 0 Å². The van der Waals surface area contributed by atoms with Gasteiger partial charge in [0, 0.05) is 6.54 Å². The van der Waals surface area contributed by atoms with E-state index in [1.165, 1.54) is 0 Å². The molecule has 128 valence electrons. The van der Waals surface area contributed by atoms with Gasteiger partial charge in [0.2, 0.25) is 5.91 Å². The van der Waals surface area contributed by atoms with Crippen LogP contribution in [0.15, 0.2) is 54.6 Å². The maximum absolute atomic E-state index is 12.0. The highest BCUT2D eigenvalue weighted by atomic mass is 16.5. The molecule has 0 saturated carbocycles. The molecule has 1 unspecified atom stereocenters. The fraction of sp³-hybridized carbons (Fsp3) is 0.350. The molecule has 2 aromatic carbocycles. The Morgan fingerprint density at radius 1 is 1.12 bits per heavy atom. The monoisotopic (exact) mass is 327 g/mol. The molecule has 2 N–H and O–H groups in total. The number of ether oxygens (including phenoxy) is 1. The third-order valence-corrected chi connectivity index (χ3v) is 3.53. The van der Waals surface area contributed by atoms with Crippen LogP contribution in [0.25, 0.3) is 0 Å². The molecule has 4 nitrogen and oxygen atoms in total. The molecule has 24 heavy (non-hydrogen) atoms. The summed E-state index contributed by atoms with van der Waals surface area (Å²) in [5.74, 6) is 1.09. The minimum absolute atomic E-state index is 0.0492. The average Bonchev–Trinajstić information content (AvgIpc) is 2.59. The van der Waals surface area contributed by atoms with E-state index in [1.807, 2.05) is 54.6 Å². The van der Waals surface area contributed by atoms with Crippen molar-refractivity contribution in [3.05, 3.63) is 65.7 Å². The van der Waals surface area contributed by atoms with Crippen molar-refractivity contribution < 1.29 is 14.6 Å². The van der Waals surface area contributed by atoms with Crippen LogP contribution < -0.4 is 10.1 Å². The molecule has 1 atom stereocenters. The van der Waals surface area contributed by atoms with E-state index < -0.39 is 6.10 Å². The first kappa shape index (κ1) is 18.0. The first-order valence-corrected chi connectivity index (χ1v) is 8.26. The molecule has 0 spiro atoms. The molecule has 0 fully saturated rings. The van der Waals surface area contributed by atoms with E-state index in [9.17, 15) is 9.90 Å². The minimum atomic E-state index is -0.785. The highest BCUT2D eigenvalue weighted by Gasteiger charge is 2.12. The van der Waals surface area contributed by atoms with Crippen molar-refractivity contribution >= 4 is 5.91 Å². The number of amides is 1. The third kappa shape index (κ3) is 6.05. The summed E-state index contributed by atoms with van der Waals surface area (Å²) in [5.41, 5.74) is 1.72. The zero-order valence-electron chi connectivity index (χ0n) is 14.2. The second kappa shape index (κ2) is 9.08. The van der Waals surface area contributed by atoms with Crippen molar-refractivity contribution in [3.63, 3.8) is 0 Å². The van der Waals surface area contributed by atoms with E-state index in [1.54, 1.807) is 0 Å². The van der Waals surface area contributed by atoms with Crippen LogP contribution in [-0.4, -0.2) is 17.6 Å². The number of rotatable bonds is 8. The van der Waals surface area contributed by atoms with Gasteiger partial charge in [0.05, 0.1) is 19.1 Å². The van der Waals surface area contributed by atoms with Gasteiger partial charge in [-0.1, -0.05) is 56.3 Å². The Hall–Kier alpha value is -2.33. The lowest BCUT2D eigenvalue weighted by Gasteiger charge is -2.12. The van der Waals surface area contributed by atoms with Gasteiger partial charge in [0.1, 0.15) is 5.75 Å².